The molecule has 5 nitrogen and oxygen atoms in total. The molecule has 1 aromatic heterocycles. The van der Waals surface area contributed by atoms with E-state index in [-0.39, 0.29) is 17.1 Å². The first kappa shape index (κ1) is 14.3. The fraction of sp³-hybridized carbons (Fsp3) is 0.400. The van der Waals surface area contributed by atoms with Gasteiger partial charge < -0.3 is 9.67 Å². The Labute approximate surface area is 124 Å². The van der Waals surface area contributed by atoms with Gasteiger partial charge in [0.25, 0.3) is 0 Å². The second kappa shape index (κ2) is 4.96. The van der Waals surface area contributed by atoms with Crippen LogP contribution >= 0.6 is 0 Å². The smallest absolute Gasteiger partial charge is 0.178 e. The minimum Gasteiger partial charge on any atom is -0.377 e. The molecule has 1 aromatic carbocycles. The summed E-state index contributed by atoms with van der Waals surface area (Å²) in [5.74, 6) is 0.450. The molecule has 0 saturated carbocycles. The quantitative estimate of drug-likeness (QED) is 0.937. The lowest BCUT2D eigenvalue weighted by molar-refractivity contribution is 0.0584. The van der Waals surface area contributed by atoms with E-state index in [9.17, 15) is 13.5 Å². The molecule has 0 bridgehead atoms. The monoisotopic (exact) mass is 306 g/mol. The molecule has 1 N–H and O–H groups in total. The summed E-state index contributed by atoms with van der Waals surface area (Å²) in [4.78, 5) is 4.51. The molecular weight excluding hydrogens is 288 g/mol. The SMILES string of the molecule is CCCn1ccnc1C1(O)CCS(=O)(=O)c2ccccc21. The molecule has 1 unspecified atom stereocenters. The second-order valence-electron chi connectivity index (χ2n) is 5.37. The van der Waals surface area contributed by atoms with Gasteiger partial charge in [0.1, 0.15) is 11.4 Å². The Balaban J connectivity index is 2.20. The van der Waals surface area contributed by atoms with Crippen molar-refractivity contribution < 1.29 is 13.5 Å². The first-order valence-corrected chi connectivity index (χ1v) is 8.70. The summed E-state index contributed by atoms with van der Waals surface area (Å²) in [7, 11) is -3.33. The van der Waals surface area contributed by atoms with Crippen LogP contribution in [0.5, 0.6) is 0 Å². The van der Waals surface area contributed by atoms with Crippen molar-refractivity contribution in [3.63, 3.8) is 0 Å². The number of rotatable bonds is 3. The Hall–Kier alpha value is -1.66. The van der Waals surface area contributed by atoms with E-state index in [0.29, 0.717) is 11.4 Å². The van der Waals surface area contributed by atoms with E-state index < -0.39 is 15.4 Å². The number of aliphatic hydroxyl groups is 1. The normalized spacial score (nSPS) is 23.7. The summed E-state index contributed by atoms with van der Waals surface area (Å²) in [5, 5.41) is 11.2. The molecule has 0 amide bonds. The number of fused-ring (bicyclic) bond motifs is 1. The summed E-state index contributed by atoms with van der Waals surface area (Å²) < 4.78 is 26.3. The minimum absolute atomic E-state index is 0.0699. The van der Waals surface area contributed by atoms with Crippen LogP contribution in [0.25, 0.3) is 0 Å². The Morgan fingerprint density at radius 2 is 2.14 bits per heavy atom. The van der Waals surface area contributed by atoms with Crippen molar-refractivity contribution in [3.8, 4) is 0 Å². The number of benzene rings is 1. The number of aryl methyl sites for hydroxylation is 1. The highest BCUT2D eigenvalue weighted by atomic mass is 32.2. The van der Waals surface area contributed by atoms with Gasteiger partial charge in [-0.05, 0) is 12.5 Å². The van der Waals surface area contributed by atoms with E-state index in [1.54, 1.807) is 30.5 Å². The molecule has 2 aromatic rings. The van der Waals surface area contributed by atoms with Gasteiger partial charge >= 0.3 is 0 Å². The maximum Gasteiger partial charge on any atom is 0.178 e. The van der Waals surface area contributed by atoms with Crippen molar-refractivity contribution in [3.05, 3.63) is 48.0 Å². The molecule has 0 spiro atoms. The molecule has 21 heavy (non-hydrogen) atoms. The molecule has 2 heterocycles. The lowest BCUT2D eigenvalue weighted by Gasteiger charge is -2.33. The average molecular weight is 306 g/mol. The van der Waals surface area contributed by atoms with E-state index in [4.69, 9.17) is 0 Å². The van der Waals surface area contributed by atoms with Crippen molar-refractivity contribution in [1.82, 2.24) is 9.55 Å². The van der Waals surface area contributed by atoms with Gasteiger partial charge in [-0.25, -0.2) is 13.4 Å². The number of hydrogen-bond acceptors (Lipinski definition) is 4. The highest BCUT2D eigenvalue weighted by molar-refractivity contribution is 7.91. The van der Waals surface area contributed by atoms with Crippen LogP contribution in [0, 0.1) is 0 Å². The first-order valence-electron chi connectivity index (χ1n) is 7.05. The van der Waals surface area contributed by atoms with Crippen molar-refractivity contribution in [2.24, 2.45) is 0 Å². The maximum absolute atomic E-state index is 12.2. The highest BCUT2D eigenvalue weighted by Gasteiger charge is 2.44. The number of imidazole rings is 1. The largest absolute Gasteiger partial charge is 0.377 e. The summed E-state index contributed by atoms with van der Waals surface area (Å²) in [6, 6.07) is 6.66. The molecular formula is C15H18N2O3S. The van der Waals surface area contributed by atoms with Crippen LogP contribution in [0.1, 0.15) is 31.2 Å². The number of nitrogens with zero attached hydrogens (tertiary/aromatic N) is 2. The van der Waals surface area contributed by atoms with Gasteiger partial charge in [-0.3, -0.25) is 0 Å². The standard InChI is InChI=1S/C15H18N2O3S/c1-2-9-17-10-8-16-14(17)15(18)7-11-21(19,20)13-6-4-3-5-12(13)15/h3-6,8,10,18H,2,7,9,11H2,1H3. The van der Waals surface area contributed by atoms with Gasteiger partial charge in [0.05, 0.1) is 10.6 Å². The number of aromatic nitrogens is 2. The Kier molecular flexibility index (Phi) is 3.37. The number of hydrogen-bond donors (Lipinski definition) is 1. The van der Waals surface area contributed by atoms with E-state index >= 15 is 0 Å². The summed E-state index contributed by atoms with van der Waals surface area (Å²) >= 11 is 0. The molecule has 1 aliphatic heterocycles. The summed E-state index contributed by atoms with van der Waals surface area (Å²) in [5.41, 5.74) is -0.916. The number of sulfone groups is 1. The van der Waals surface area contributed by atoms with Gasteiger partial charge in [0, 0.05) is 30.9 Å². The second-order valence-corrected chi connectivity index (χ2v) is 7.45. The van der Waals surface area contributed by atoms with Crippen LogP contribution in [0.3, 0.4) is 0 Å². The molecule has 1 atom stereocenters. The fourth-order valence-corrected chi connectivity index (χ4v) is 4.58. The van der Waals surface area contributed by atoms with Gasteiger partial charge in [-0.1, -0.05) is 25.1 Å². The van der Waals surface area contributed by atoms with E-state index in [2.05, 4.69) is 4.98 Å². The average Bonchev–Trinajstić information content (AvgIpc) is 2.93. The van der Waals surface area contributed by atoms with Crippen LogP contribution in [0.15, 0.2) is 41.6 Å². The third-order valence-corrected chi connectivity index (χ3v) is 5.72. The first-order chi connectivity index (χ1) is 9.99. The van der Waals surface area contributed by atoms with Gasteiger partial charge in [0.15, 0.2) is 9.84 Å². The molecule has 0 fully saturated rings. The van der Waals surface area contributed by atoms with Crippen LogP contribution in [0.2, 0.25) is 0 Å². The van der Waals surface area contributed by atoms with Crippen molar-refractivity contribution in [2.45, 2.75) is 36.8 Å². The molecule has 3 rings (SSSR count). The lowest BCUT2D eigenvalue weighted by Crippen LogP contribution is -2.38. The minimum atomic E-state index is -3.33. The third kappa shape index (κ3) is 2.18. The van der Waals surface area contributed by atoms with Gasteiger partial charge in [-0.15, -0.1) is 0 Å². The lowest BCUT2D eigenvalue weighted by atomic mass is 9.89. The summed E-state index contributed by atoms with van der Waals surface area (Å²) in [6.45, 7) is 2.79. The van der Waals surface area contributed by atoms with Crippen molar-refractivity contribution in [2.75, 3.05) is 5.75 Å². The zero-order valence-corrected chi connectivity index (χ0v) is 12.7. The molecule has 1 aliphatic rings. The van der Waals surface area contributed by atoms with Crippen molar-refractivity contribution in [1.29, 1.82) is 0 Å². The van der Waals surface area contributed by atoms with Gasteiger partial charge in [-0.2, -0.15) is 0 Å². The molecule has 112 valence electrons. The topological polar surface area (TPSA) is 72.2 Å². The molecule has 0 saturated heterocycles. The Morgan fingerprint density at radius 3 is 2.90 bits per heavy atom. The molecule has 6 heteroatoms. The molecule has 0 radical (unpaired) electrons. The highest BCUT2D eigenvalue weighted by Crippen LogP contribution is 2.40. The Morgan fingerprint density at radius 1 is 1.38 bits per heavy atom. The van der Waals surface area contributed by atoms with Gasteiger partial charge in [0.2, 0.25) is 0 Å². The molecule has 0 aliphatic carbocycles. The predicted octanol–water partition coefficient (Wildman–Crippen LogP) is 1.71. The zero-order valence-electron chi connectivity index (χ0n) is 11.9. The van der Waals surface area contributed by atoms with Crippen LogP contribution in [-0.2, 0) is 22.0 Å². The fourth-order valence-electron chi connectivity index (χ4n) is 2.93. The summed E-state index contributed by atoms with van der Waals surface area (Å²) in [6.07, 6.45) is 4.52. The van der Waals surface area contributed by atoms with Crippen LogP contribution < -0.4 is 0 Å². The van der Waals surface area contributed by atoms with E-state index in [0.717, 1.165) is 13.0 Å². The Bertz CT molecular complexity index is 767. The van der Waals surface area contributed by atoms with E-state index in [1.807, 2.05) is 17.7 Å². The predicted molar refractivity (Wildman–Crippen MR) is 78.6 cm³/mol. The van der Waals surface area contributed by atoms with Crippen LogP contribution in [0.4, 0.5) is 0 Å². The zero-order chi connectivity index (χ0) is 15.1. The van der Waals surface area contributed by atoms with E-state index in [1.165, 1.54) is 0 Å². The third-order valence-electron chi connectivity index (χ3n) is 3.95. The maximum atomic E-state index is 12.2. The van der Waals surface area contributed by atoms with Crippen molar-refractivity contribution >= 4 is 9.84 Å². The van der Waals surface area contributed by atoms with Crippen LogP contribution in [-0.4, -0.2) is 28.8 Å².